The Bertz CT molecular complexity index is 1440. The maximum Gasteiger partial charge on any atom is 0.151 e. The van der Waals surface area contributed by atoms with Gasteiger partial charge in [0.2, 0.25) is 0 Å². The van der Waals surface area contributed by atoms with E-state index in [1.54, 1.807) is 29.2 Å². The molecular weight excluding hydrogens is 452 g/mol. The summed E-state index contributed by atoms with van der Waals surface area (Å²) in [5.74, 6) is 1.52. The molecule has 1 aliphatic rings. The maximum atomic E-state index is 10.5. The number of aliphatic hydroxyl groups is 1. The summed E-state index contributed by atoms with van der Waals surface area (Å²) in [6.07, 6.45) is 5.64. The van der Waals surface area contributed by atoms with Gasteiger partial charge in [-0.1, -0.05) is 36.2 Å². The third-order valence-corrected chi connectivity index (χ3v) is 6.74. The summed E-state index contributed by atoms with van der Waals surface area (Å²) in [5.41, 5.74) is 4.26. The number of aromatic amines is 1. The molecular formula is C24H21ClN8O. The molecule has 9 nitrogen and oxygen atoms in total. The van der Waals surface area contributed by atoms with Crippen LogP contribution in [-0.4, -0.2) is 40.3 Å². The molecule has 3 N–H and O–H groups in total. The first-order valence-corrected chi connectivity index (χ1v) is 11.4. The van der Waals surface area contributed by atoms with E-state index in [0.717, 1.165) is 47.4 Å². The Kier molecular flexibility index (Phi) is 5.00. The number of imidazole rings is 1. The molecule has 1 saturated carbocycles. The first-order chi connectivity index (χ1) is 16.6. The zero-order valence-corrected chi connectivity index (χ0v) is 18.8. The smallest absolute Gasteiger partial charge is 0.151 e. The van der Waals surface area contributed by atoms with E-state index < -0.39 is 6.23 Å². The van der Waals surface area contributed by atoms with Gasteiger partial charge in [0, 0.05) is 16.8 Å². The maximum absolute atomic E-state index is 10.5. The number of tetrazole rings is 1. The number of rotatable bonds is 6. The molecule has 10 heteroatoms. The van der Waals surface area contributed by atoms with Crippen molar-refractivity contribution in [2.24, 2.45) is 0 Å². The lowest BCUT2D eigenvalue weighted by Crippen LogP contribution is -2.36. The molecule has 1 fully saturated rings. The van der Waals surface area contributed by atoms with Gasteiger partial charge in [-0.25, -0.2) is 14.6 Å². The highest BCUT2D eigenvalue weighted by Gasteiger charge is 2.43. The van der Waals surface area contributed by atoms with E-state index in [1.165, 1.54) is 0 Å². The van der Waals surface area contributed by atoms with Gasteiger partial charge in [0.15, 0.2) is 6.23 Å². The van der Waals surface area contributed by atoms with Crippen molar-refractivity contribution < 1.29 is 5.11 Å². The van der Waals surface area contributed by atoms with Crippen molar-refractivity contribution in [3.05, 3.63) is 89.1 Å². The highest BCUT2D eigenvalue weighted by atomic mass is 35.5. The number of halogens is 1. The molecule has 1 atom stereocenters. The molecule has 0 saturated heterocycles. The van der Waals surface area contributed by atoms with Crippen molar-refractivity contribution in [3.63, 3.8) is 0 Å². The van der Waals surface area contributed by atoms with Crippen LogP contribution in [0.25, 0.3) is 16.7 Å². The van der Waals surface area contributed by atoms with Gasteiger partial charge in [0.25, 0.3) is 0 Å². The topological polar surface area (TPSA) is 117 Å². The largest absolute Gasteiger partial charge is 0.369 e. The first kappa shape index (κ1) is 20.8. The second-order valence-corrected chi connectivity index (χ2v) is 8.95. The van der Waals surface area contributed by atoms with Crippen LogP contribution in [0.4, 0.5) is 5.82 Å². The molecule has 0 bridgehead atoms. The van der Waals surface area contributed by atoms with E-state index in [0.29, 0.717) is 16.4 Å². The summed E-state index contributed by atoms with van der Waals surface area (Å²) in [5, 5.41) is 25.5. The summed E-state index contributed by atoms with van der Waals surface area (Å²) < 4.78 is 1.61. The van der Waals surface area contributed by atoms with Crippen LogP contribution < -0.4 is 5.32 Å². The molecule has 3 heterocycles. The highest BCUT2D eigenvalue weighted by Crippen LogP contribution is 2.48. The third kappa shape index (κ3) is 3.59. The first-order valence-electron chi connectivity index (χ1n) is 11.0. The Morgan fingerprint density at radius 3 is 2.74 bits per heavy atom. The molecule has 1 unspecified atom stereocenters. The van der Waals surface area contributed by atoms with Crippen molar-refractivity contribution in [2.75, 3.05) is 5.32 Å². The number of nitrogens with zero attached hydrogens (tertiary/aromatic N) is 6. The quantitative estimate of drug-likeness (QED) is 0.317. The number of aliphatic hydroxyl groups excluding tert-OH is 1. The lowest BCUT2D eigenvalue weighted by atomic mass is 9.64. The van der Waals surface area contributed by atoms with Crippen LogP contribution >= 0.6 is 11.6 Å². The second-order valence-electron chi connectivity index (χ2n) is 8.51. The van der Waals surface area contributed by atoms with Crippen LogP contribution in [0.5, 0.6) is 0 Å². The number of pyridine rings is 1. The van der Waals surface area contributed by atoms with Crippen LogP contribution in [-0.2, 0) is 5.41 Å². The monoisotopic (exact) mass is 472 g/mol. The number of hydrogen-bond donors (Lipinski definition) is 3. The summed E-state index contributed by atoms with van der Waals surface area (Å²) in [6.45, 7) is 0. The molecule has 3 aromatic heterocycles. The Hall–Kier alpha value is -3.82. The van der Waals surface area contributed by atoms with Crippen LogP contribution in [0.2, 0.25) is 5.02 Å². The summed E-state index contributed by atoms with van der Waals surface area (Å²) in [7, 11) is 0. The molecule has 34 heavy (non-hydrogen) atoms. The Morgan fingerprint density at radius 2 is 2.03 bits per heavy atom. The van der Waals surface area contributed by atoms with Crippen molar-refractivity contribution in [2.45, 2.75) is 30.9 Å². The van der Waals surface area contributed by atoms with Crippen LogP contribution in [0.15, 0.2) is 67.1 Å². The van der Waals surface area contributed by atoms with Crippen molar-refractivity contribution >= 4 is 28.5 Å². The summed E-state index contributed by atoms with van der Waals surface area (Å²) >= 11 is 6.03. The van der Waals surface area contributed by atoms with Gasteiger partial charge < -0.3 is 15.4 Å². The average molecular weight is 473 g/mol. The van der Waals surface area contributed by atoms with Crippen LogP contribution in [0.3, 0.4) is 0 Å². The molecule has 0 spiro atoms. The number of fused-ring (bicyclic) bond motifs is 1. The highest BCUT2D eigenvalue weighted by molar-refractivity contribution is 6.30. The van der Waals surface area contributed by atoms with Crippen LogP contribution in [0, 0.1) is 0 Å². The van der Waals surface area contributed by atoms with Gasteiger partial charge in [-0.3, -0.25) is 0 Å². The molecule has 1 aliphatic carbocycles. The van der Waals surface area contributed by atoms with E-state index in [1.807, 2.05) is 36.5 Å². The molecule has 170 valence electrons. The van der Waals surface area contributed by atoms with E-state index in [9.17, 15) is 5.11 Å². The van der Waals surface area contributed by atoms with Gasteiger partial charge in [-0.05, 0) is 65.2 Å². The average Bonchev–Trinajstić information content (AvgIpc) is 3.49. The summed E-state index contributed by atoms with van der Waals surface area (Å²) in [4.78, 5) is 13.0. The zero-order chi connectivity index (χ0) is 23.1. The standard InChI is InChI=1S/C24H21ClN8O/c25-17-4-1-3-15(11-17)22(34)30-21-8-5-16(13-26-21)24(9-2-10-24)23-28-19-7-6-18(12-20(19)29-23)33-14-27-31-32-33/h1,3-8,11-14,22,34H,2,9-10H2,(H,26,30)(H,28,29). The van der Waals surface area contributed by atoms with Gasteiger partial charge in [0.05, 0.1) is 22.1 Å². The molecule has 0 aliphatic heterocycles. The number of nitrogens with one attached hydrogen (secondary N) is 2. The minimum absolute atomic E-state index is 0.203. The Balaban J connectivity index is 1.27. The Labute approximate surface area is 199 Å². The van der Waals surface area contributed by atoms with E-state index in [-0.39, 0.29) is 5.41 Å². The minimum atomic E-state index is -0.903. The zero-order valence-electron chi connectivity index (χ0n) is 18.1. The van der Waals surface area contributed by atoms with Crippen molar-refractivity contribution in [3.8, 4) is 5.69 Å². The van der Waals surface area contributed by atoms with Gasteiger partial charge >= 0.3 is 0 Å². The van der Waals surface area contributed by atoms with Gasteiger partial charge in [-0.2, -0.15) is 0 Å². The van der Waals surface area contributed by atoms with Crippen LogP contribution in [0.1, 0.15) is 42.4 Å². The number of anilines is 1. The fraction of sp³-hybridized carbons (Fsp3) is 0.208. The van der Waals surface area contributed by atoms with Gasteiger partial charge in [0.1, 0.15) is 18.0 Å². The lowest BCUT2D eigenvalue weighted by Gasteiger charge is -2.40. The summed E-state index contributed by atoms with van der Waals surface area (Å²) in [6, 6.07) is 17.0. The van der Waals surface area contributed by atoms with E-state index >= 15 is 0 Å². The molecule has 2 aromatic carbocycles. The van der Waals surface area contributed by atoms with E-state index in [4.69, 9.17) is 16.6 Å². The second kappa shape index (κ2) is 8.19. The number of hydrogen-bond acceptors (Lipinski definition) is 7. The molecule has 5 aromatic rings. The fourth-order valence-corrected chi connectivity index (χ4v) is 4.70. The SMILES string of the molecule is OC(Nc1ccc(C2(c3nc4cc(-n5cnnn5)ccc4[nH]3)CCC2)cn1)c1cccc(Cl)c1. The number of aromatic nitrogens is 7. The molecule has 6 rings (SSSR count). The normalized spacial score (nSPS) is 15.7. The van der Waals surface area contributed by atoms with Gasteiger partial charge in [-0.15, -0.1) is 5.10 Å². The Morgan fingerprint density at radius 1 is 1.12 bits per heavy atom. The predicted molar refractivity (Wildman–Crippen MR) is 128 cm³/mol. The molecule has 0 radical (unpaired) electrons. The number of benzene rings is 2. The minimum Gasteiger partial charge on any atom is -0.369 e. The van der Waals surface area contributed by atoms with Crippen molar-refractivity contribution in [1.82, 2.24) is 35.2 Å². The lowest BCUT2D eigenvalue weighted by molar-refractivity contribution is 0.207. The van der Waals surface area contributed by atoms with Crippen molar-refractivity contribution in [1.29, 1.82) is 0 Å². The predicted octanol–water partition coefficient (Wildman–Crippen LogP) is 4.16. The fourth-order valence-electron chi connectivity index (χ4n) is 4.50. The third-order valence-electron chi connectivity index (χ3n) is 6.51. The number of H-pyrrole nitrogens is 1. The van der Waals surface area contributed by atoms with E-state index in [2.05, 4.69) is 36.9 Å². The molecule has 0 amide bonds.